The summed E-state index contributed by atoms with van der Waals surface area (Å²) in [6.45, 7) is 12.8. The van der Waals surface area contributed by atoms with Gasteiger partial charge in [-0.1, -0.05) is 95.6 Å². The van der Waals surface area contributed by atoms with Crippen molar-refractivity contribution in [2.45, 2.75) is 52.4 Å². The number of benzene rings is 6. The minimum Gasteiger partial charge on any atom is -0.456 e. The normalized spacial score (nSPS) is 13.7. The Morgan fingerprint density at radius 3 is 1.85 bits per heavy atom. The van der Waals surface area contributed by atoms with Crippen LogP contribution in [0, 0.1) is 29.1 Å². The molecule has 59 heavy (non-hydrogen) atoms. The molecule has 0 spiro atoms. The fourth-order valence-electron chi connectivity index (χ4n) is 8.63. The van der Waals surface area contributed by atoms with Gasteiger partial charge in [0, 0.05) is 59.8 Å². The van der Waals surface area contributed by atoms with E-state index < -0.39 is 40.4 Å². The summed E-state index contributed by atoms with van der Waals surface area (Å²) >= 11 is 8.87. The predicted octanol–water partition coefficient (Wildman–Crippen LogP) is 13.3. The molecule has 4 heterocycles. The van der Waals surface area contributed by atoms with Crippen molar-refractivity contribution in [3.8, 4) is 11.3 Å². The van der Waals surface area contributed by atoms with E-state index in [1.54, 1.807) is 17.4 Å². The molecule has 2 aliphatic heterocycles. The Labute approximate surface area is 347 Å². The van der Waals surface area contributed by atoms with Crippen LogP contribution in [0.2, 0.25) is 5.02 Å². The Hall–Kier alpha value is -5.58. The Balaban J connectivity index is 1.30. The standard InChI is InChI=1S/C48H35BClF5N2OS/c1-47(2,3)25-12-15-29(16-13-25)57-34-22-27(50)21-33-39(34)49(46-45(57)30-20-26(48(4,5)6)14-17-37(30)59-46)31-18-24-19-36(38-40(51)42(53)44(55)43(54)41(38)52)58-35(24)23-32(31)56(33)28-10-8-7-9-11-28/h7-23H,1-6H3. The highest BCUT2D eigenvalue weighted by atomic mass is 35.5. The third-order valence-electron chi connectivity index (χ3n) is 11.6. The monoisotopic (exact) mass is 828 g/mol. The number of furan rings is 1. The maximum atomic E-state index is 15.2. The van der Waals surface area contributed by atoms with Crippen LogP contribution in [0.4, 0.5) is 56.1 Å². The van der Waals surface area contributed by atoms with E-state index in [2.05, 4.69) is 93.8 Å². The molecule has 11 heteroatoms. The lowest BCUT2D eigenvalue weighted by atomic mass is 9.36. The van der Waals surface area contributed by atoms with Crippen LogP contribution in [-0.2, 0) is 10.8 Å². The van der Waals surface area contributed by atoms with Gasteiger partial charge in [0.1, 0.15) is 11.3 Å². The number of thiophene rings is 1. The molecule has 0 aliphatic carbocycles. The van der Waals surface area contributed by atoms with Crippen LogP contribution in [0.3, 0.4) is 0 Å². The summed E-state index contributed by atoms with van der Waals surface area (Å²) in [4.78, 5) is 4.41. The lowest BCUT2D eigenvalue weighted by Crippen LogP contribution is -2.60. The predicted molar refractivity (Wildman–Crippen MR) is 233 cm³/mol. The molecule has 6 aromatic carbocycles. The van der Waals surface area contributed by atoms with Gasteiger partial charge in [-0.25, -0.2) is 22.0 Å². The van der Waals surface area contributed by atoms with Gasteiger partial charge in [0.25, 0.3) is 6.71 Å². The molecular weight excluding hydrogens is 794 g/mol. The molecule has 3 nitrogen and oxygen atoms in total. The number of fused-ring (bicyclic) bond motifs is 7. The summed E-state index contributed by atoms with van der Waals surface area (Å²) in [7, 11) is 0. The summed E-state index contributed by atoms with van der Waals surface area (Å²) in [5, 5.41) is 2.05. The molecule has 0 atom stereocenters. The smallest absolute Gasteiger partial charge is 0.264 e. The van der Waals surface area contributed by atoms with Crippen LogP contribution in [0.15, 0.2) is 108 Å². The van der Waals surface area contributed by atoms with Gasteiger partial charge < -0.3 is 14.2 Å². The van der Waals surface area contributed by atoms with Crippen LogP contribution in [0.5, 0.6) is 0 Å². The molecule has 2 aliphatic rings. The number of rotatable bonds is 3. The van der Waals surface area contributed by atoms with Crippen LogP contribution >= 0.6 is 22.9 Å². The topological polar surface area (TPSA) is 19.6 Å². The van der Waals surface area contributed by atoms with E-state index >= 15 is 8.78 Å². The second kappa shape index (κ2) is 13.0. The number of hydrogen-bond acceptors (Lipinski definition) is 4. The van der Waals surface area contributed by atoms with Crippen molar-refractivity contribution in [2.75, 3.05) is 9.80 Å². The first kappa shape index (κ1) is 37.7. The zero-order valence-corrected chi connectivity index (χ0v) is 34.4. The molecule has 8 aromatic rings. The molecule has 294 valence electrons. The highest BCUT2D eigenvalue weighted by molar-refractivity contribution is 7.33. The Bertz CT molecular complexity index is 3030. The van der Waals surface area contributed by atoms with Gasteiger partial charge in [-0.15, -0.1) is 11.3 Å². The number of para-hydroxylation sites is 1. The molecular formula is C48H35BClF5N2OS. The van der Waals surface area contributed by atoms with E-state index in [1.165, 1.54) is 17.2 Å². The number of hydrogen-bond donors (Lipinski definition) is 0. The van der Waals surface area contributed by atoms with Crippen LogP contribution in [0.25, 0.3) is 32.4 Å². The van der Waals surface area contributed by atoms with Gasteiger partial charge in [-0.3, -0.25) is 0 Å². The van der Waals surface area contributed by atoms with E-state index in [0.717, 1.165) is 59.9 Å². The van der Waals surface area contributed by atoms with Crippen molar-refractivity contribution in [3.63, 3.8) is 0 Å². The quantitative estimate of drug-likeness (QED) is 0.0765. The zero-order chi connectivity index (χ0) is 41.4. The summed E-state index contributed by atoms with van der Waals surface area (Å²) < 4.78 is 81.7. The second-order valence-electron chi connectivity index (χ2n) is 17.4. The van der Waals surface area contributed by atoms with Gasteiger partial charge in [-0.05, 0) is 87.5 Å². The fraction of sp³-hybridized carbons (Fsp3) is 0.167. The average molecular weight is 829 g/mol. The van der Waals surface area contributed by atoms with Gasteiger partial charge in [0.15, 0.2) is 23.3 Å². The maximum absolute atomic E-state index is 15.2. The van der Waals surface area contributed by atoms with Gasteiger partial charge in [-0.2, -0.15) is 0 Å². The largest absolute Gasteiger partial charge is 0.456 e. The summed E-state index contributed by atoms with van der Waals surface area (Å²) in [6.07, 6.45) is 0. The van der Waals surface area contributed by atoms with Crippen molar-refractivity contribution >= 4 is 101 Å². The Morgan fingerprint density at radius 2 is 1.20 bits per heavy atom. The molecule has 0 amide bonds. The van der Waals surface area contributed by atoms with E-state index in [1.807, 2.05) is 48.5 Å². The first-order chi connectivity index (χ1) is 28.0. The number of nitrogens with zero attached hydrogens (tertiary/aromatic N) is 2. The fourth-order valence-corrected chi connectivity index (χ4v) is 10.1. The van der Waals surface area contributed by atoms with E-state index in [9.17, 15) is 13.2 Å². The summed E-state index contributed by atoms with van der Waals surface area (Å²) in [5.41, 5.74) is 8.42. The summed E-state index contributed by atoms with van der Waals surface area (Å²) in [6, 6.07) is 34.1. The molecule has 0 radical (unpaired) electrons. The minimum absolute atomic E-state index is 0.0582. The van der Waals surface area contributed by atoms with E-state index in [-0.39, 0.29) is 23.1 Å². The summed E-state index contributed by atoms with van der Waals surface area (Å²) in [5.74, 6) is -10.7. The first-order valence-electron chi connectivity index (χ1n) is 19.3. The number of anilines is 6. The van der Waals surface area contributed by atoms with Gasteiger partial charge in [0.2, 0.25) is 5.82 Å². The van der Waals surface area contributed by atoms with Crippen LogP contribution < -0.4 is 25.5 Å². The third-order valence-corrected chi connectivity index (χ3v) is 13.0. The molecule has 0 unspecified atom stereocenters. The van der Waals surface area contributed by atoms with E-state index in [0.29, 0.717) is 10.4 Å². The third kappa shape index (κ3) is 5.66. The molecule has 2 aromatic heterocycles. The lowest BCUT2D eigenvalue weighted by Gasteiger charge is -2.43. The van der Waals surface area contributed by atoms with Crippen molar-refractivity contribution < 1.29 is 26.4 Å². The highest BCUT2D eigenvalue weighted by Crippen LogP contribution is 2.50. The lowest BCUT2D eigenvalue weighted by molar-refractivity contribution is 0.379. The highest BCUT2D eigenvalue weighted by Gasteiger charge is 2.46. The van der Waals surface area contributed by atoms with Crippen molar-refractivity contribution in [2.24, 2.45) is 0 Å². The Kier molecular flexibility index (Phi) is 8.28. The molecule has 0 bridgehead atoms. The molecule has 10 rings (SSSR count). The van der Waals surface area contributed by atoms with Gasteiger partial charge >= 0.3 is 0 Å². The maximum Gasteiger partial charge on any atom is 0.264 e. The Morgan fingerprint density at radius 1 is 0.610 bits per heavy atom. The second-order valence-corrected chi connectivity index (χ2v) is 18.9. The number of halogens is 6. The molecule has 0 saturated carbocycles. The SMILES string of the molecule is CC(C)(C)c1ccc(N2c3cc(Cl)cc4c3B(c3cc5cc(-c6c(F)c(F)c(F)c(F)c6F)oc5cc3N4c3ccccc3)c3sc4ccc(C(C)(C)C)cc4c32)cc1. The minimum atomic E-state index is -2.23. The van der Waals surface area contributed by atoms with Crippen molar-refractivity contribution in [1.29, 1.82) is 0 Å². The molecule has 0 saturated heterocycles. The average Bonchev–Trinajstić information content (AvgIpc) is 3.79. The first-order valence-corrected chi connectivity index (χ1v) is 20.5. The molecule has 0 fully saturated rings. The van der Waals surface area contributed by atoms with Crippen LogP contribution in [0.1, 0.15) is 52.7 Å². The van der Waals surface area contributed by atoms with Crippen molar-refractivity contribution in [3.05, 3.63) is 148 Å². The van der Waals surface area contributed by atoms with Crippen molar-refractivity contribution in [1.82, 2.24) is 0 Å². The zero-order valence-electron chi connectivity index (χ0n) is 32.9. The molecule has 0 N–H and O–H groups in total. The van der Waals surface area contributed by atoms with E-state index in [4.69, 9.17) is 16.0 Å². The van der Waals surface area contributed by atoms with Gasteiger partial charge in [0.05, 0.1) is 11.3 Å². The van der Waals surface area contributed by atoms with Crippen LogP contribution in [-0.4, -0.2) is 6.71 Å².